The lowest BCUT2D eigenvalue weighted by molar-refractivity contribution is -0.118. The number of carbonyl (C=O) groups is 1. The molecule has 0 heterocycles. The van der Waals surface area contributed by atoms with Crippen LogP contribution in [0, 0.1) is 5.92 Å². The van der Waals surface area contributed by atoms with E-state index in [9.17, 15) is 4.79 Å². The number of amides is 1. The maximum Gasteiger partial charge on any atom is 0.234 e. The molecule has 0 aliphatic heterocycles. The van der Waals surface area contributed by atoms with Crippen molar-refractivity contribution in [2.75, 3.05) is 12.4 Å². The molecular formula is C8H14ClNO. The first kappa shape index (κ1) is 8.85. The molecule has 3 heteroatoms. The highest BCUT2D eigenvalue weighted by molar-refractivity contribution is 6.27. The predicted molar refractivity (Wildman–Crippen MR) is 45.7 cm³/mol. The number of rotatable bonds is 4. The number of hydrogen-bond donors (Lipinski definition) is 1. The van der Waals surface area contributed by atoms with Crippen LogP contribution in [0.15, 0.2) is 0 Å². The Bertz CT molecular complexity index is 134. The standard InChI is InChI=1S/C8H14ClNO/c9-6-8(11)10-5-4-7-2-1-3-7/h7H,1-6H2,(H,10,11). The van der Waals surface area contributed by atoms with Crippen LogP contribution in [0.1, 0.15) is 25.7 Å². The summed E-state index contributed by atoms with van der Waals surface area (Å²) in [7, 11) is 0. The van der Waals surface area contributed by atoms with Crippen molar-refractivity contribution in [3.63, 3.8) is 0 Å². The summed E-state index contributed by atoms with van der Waals surface area (Å²) >= 11 is 5.30. The summed E-state index contributed by atoms with van der Waals surface area (Å²) in [4.78, 5) is 10.7. The van der Waals surface area contributed by atoms with Crippen LogP contribution in [0.25, 0.3) is 0 Å². The fourth-order valence-corrected chi connectivity index (χ4v) is 1.34. The monoisotopic (exact) mass is 175 g/mol. The van der Waals surface area contributed by atoms with Crippen LogP contribution in [0.2, 0.25) is 0 Å². The Morgan fingerprint density at radius 1 is 1.55 bits per heavy atom. The fraction of sp³-hybridized carbons (Fsp3) is 0.875. The van der Waals surface area contributed by atoms with Crippen molar-refractivity contribution < 1.29 is 4.79 Å². The normalized spacial score (nSPS) is 17.5. The van der Waals surface area contributed by atoms with E-state index < -0.39 is 0 Å². The third kappa shape index (κ3) is 3.10. The summed E-state index contributed by atoms with van der Waals surface area (Å²) < 4.78 is 0. The average molecular weight is 176 g/mol. The molecule has 1 aliphatic carbocycles. The van der Waals surface area contributed by atoms with Gasteiger partial charge in [0.15, 0.2) is 0 Å². The van der Waals surface area contributed by atoms with Crippen molar-refractivity contribution >= 4 is 17.5 Å². The molecule has 0 aromatic rings. The van der Waals surface area contributed by atoms with Gasteiger partial charge < -0.3 is 5.32 Å². The van der Waals surface area contributed by atoms with E-state index in [4.69, 9.17) is 11.6 Å². The van der Waals surface area contributed by atoms with Gasteiger partial charge >= 0.3 is 0 Å². The second kappa shape index (κ2) is 4.60. The number of alkyl halides is 1. The molecule has 64 valence electrons. The van der Waals surface area contributed by atoms with E-state index in [1.165, 1.54) is 19.3 Å². The van der Waals surface area contributed by atoms with Gasteiger partial charge in [-0.1, -0.05) is 19.3 Å². The first-order chi connectivity index (χ1) is 5.33. The minimum atomic E-state index is -0.0500. The Kier molecular flexibility index (Phi) is 3.70. The summed E-state index contributed by atoms with van der Waals surface area (Å²) in [6, 6.07) is 0. The number of hydrogen-bond acceptors (Lipinski definition) is 1. The molecular weight excluding hydrogens is 162 g/mol. The summed E-state index contributed by atoms with van der Waals surface area (Å²) in [5, 5.41) is 2.76. The van der Waals surface area contributed by atoms with Gasteiger partial charge in [0.25, 0.3) is 0 Å². The topological polar surface area (TPSA) is 29.1 Å². The molecule has 0 atom stereocenters. The second-order valence-corrected chi connectivity index (χ2v) is 3.34. The van der Waals surface area contributed by atoms with Crippen LogP contribution in [-0.4, -0.2) is 18.3 Å². The summed E-state index contributed by atoms with van der Waals surface area (Å²) in [5.74, 6) is 0.904. The molecule has 1 saturated carbocycles. The van der Waals surface area contributed by atoms with Crippen molar-refractivity contribution in [2.24, 2.45) is 5.92 Å². The Balaban J connectivity index is 1.90. The zero-order valence-corrected chi connectivity index (χ0v) is 7.36. The van der Waals surface area contributed by atoms with Gasteiger partial charge in [-0.05, 0) is 12.3 Å². The van der Waals surface area contributed by atoms with Gasteiger partial charge in [-0.3, -0.25) is 4.79 Å². The van der Waals surface area contributed by atoms with E-state index in [1.807, 2.05) is 0 Å². The lowest BCUT2D eigenvalue weighted by Crippen LogP contribution is -2.28. The summed E-state index contributed by atoms with van der Waals surface area (Å²) in [6.45, 7) is 0.802. The van der Waals surface area contributed by atoms with Crippen LogP contribution in [0.5, 0.6) is 0 Å². The van der Waals surface area contributed by atoms with Gasteiger partial charge in [0.05, 0.1) is 0 Å². The molecule has 0 aromatic heterocycles. The molecule has 1 aliphatic rings. The molecule has 0 saturated heterocycles. The van der Waals surface area contributed by atoms with Gasteiger partial charge in [-0.2, -0.15) is 0 Å². The van der Waals surface area contributed by atoms with Crippen LogP contribution < -0.4 is 5.32 Å². The average Bonchev–Trinajstić information content (AvgIpc) is 1.94. The molecule has 11 heavy (non-hydrogen) atoms. The second-order valence-electron chi connectivity index (χ2n) is 3.07. The summed E-state index contributed by atoms with van der Waals surface area (Å²) in [5.41, 5.74) is 0. The van der Waals surface area contributed by atoms with Crippen LogP contribution >= 0.6 is 11.6 Å². The van der Waals surface area contributed by atoms with Gasteiger partial charge in [-0.25, -0.2) is 0 Å². The minimum Gasteiger partial charge on any atom is -0.355 e. The van der Waals surface area contributed by atoms with Gasteiger partial charge in [-0.15, -0.1) is 11.6 Å². The van der Waals surface area contributed by atoms with Crippen molar-refractivity contribution in [3.05, 3.63) is 0 Å². The molecule has 0 spiro atoms. The SMILES string of the molecule is O=C(CCl)NCCC1CCC1. The van der Waals surface area contributed by atoms with E-state index in [-0.39, 0.29) is 11.8 Å². The fourth-order valence-electron chi connectivity index (χ4n) is 1.24. The van der Waals surface area contributed by atoms with E-state index in [2.05, 4.69) is 5.32 Å². The molecule has 1 N–H and O–H groups in total. The molecule has 2 nitrogen and oxygen atoms in total. The van der Waals surface area contributed by atoms with Gasteiger partial charge in [0, 0.05) is 6.54 Å². The molecule has 0 bridgehead atoms. The zero-order valence-electron chi connectivity index (χ0n) is 6.61. The molecule has 0 radical (unpaired) electrons. The smallest absolute Gasteiger partial charge is 0.234 e. The highest BCUT2D eigenvalue weighted by Crippen LogP contribution is 2.28. The maximum absolute atomic E-state index is 10.7. The first-order valence-corrected chi connectivity index (χ1v) is 4.69. The highest BCUT2D eigenvalue weighted by atomic mass is 35.5. The van der Waals surface area contributed by atoms with E-state index in [0.29, 0.717) is 0 Å². The van der Waals surface area contributed by atoms with Gasteiger partial charge in [0.2, 0.25) is 5.91 Å². The van der Waals surface area contributed by atoms with Crippen molar-refractivity contribution in [1.82, 2.24) is 5.32 Å². The Morgan fingerprint density at radius 3 is 2.73 bits per heavy atom. The van der Waals surface area contributed by atoms with Crippen LogP contribution in [0.3, 0.4) is 0 Å². The van der Waals surface area contributed by atoms with Crippen molar-refractivity contribution in [1.29, 1.82) is 0 Å². The number of halogens is 1. The molecule has 1 amide bonds. The largest absolute Gasteiger partial charge is 0.355 e. The lowest BCUT2D eigenvalue weighted by atomic mass is 9.83. The first-order valence-electron chi connectivity index (χ1n) is 4.15. The third-order valence-electron chi connectivity index (χ3n) is 2.22. The lowest BCUT2D eigenvalue weighted by Gasteiger charge is -2.24. The predicted octanol–water partition coefficient (Wildman–Crippen LogP) is 1.53. The molecule has 0 unspecified atom stereocenters. The zero-order chi connectivity index (χ0) is 8.10. The molecule has 1 fully saturated rings. The van der Waals surface area contributed by atoms with E-state index in [1.54, 1.807) is 0 Å². The molecule has 0 aromatic carbocycles. The number of carbonyl (C=O) groups excluding carboxylic acids is 1. The van der Waals surface area contributed by atoms with E-state index in [0.717, 1.165) is 18.9 Å². The van der Waals surface area contributed by atoms with Crippen LogP contribution in [0.4, 0.5) is 0 Å². The highest BCUT2D eigenvalue weighted by Gasteiger charge is 2.16. The molecule has 1 rings (SSSR count). The van der Waals surface area contributed by atoms with Crippen LogP contribution in [-0.2, 0) is 4.79 Å². The van der Waals surface area contributed by atoms with E-state index >= 15 is 0 Å². The van der Waals surface area contributed by atoms with Crippen molar-refractivity contribution in [3.8, 4) is 0 Å². The van der Waals surface area contributed by atoms with Gasteiger partial charge in [0.1, 0.15) is 5.88 Å². The maximum atomic E-state index is 10.7. The minimum absolute atomic E-state index is 0.0500. The third-order valence-corrected chi connectivity index (χ3v) is 2.46. The summed E-state index contributed by atoms with van der Waals surface area (Å²) in [6.07, 6.45) is 5.18. The Morgan fingerprint density at radius 2 is 2.27 bits per heavy atom. The van der Waals surface area contributed by atoms with Crippen molar-refractivity contribution in [2.45, 2.75) is 25.7 Å². The quantitative estimate of drug-likeness (QED) is 0.646. The Labute approximate surface area is 72.3 Å². The Hall–Kier alpha value is -0.240. The number of nitrogens with one attached hydrogen (secondary N) is 1.